The fourth-order valence-corrected chi connectivity index (χ4v) is 4.49. The topological polar surface area (TPSA) is 86.1 Å². The number of methoxy groups -OCH3 is 1. The van der Waals surface area contributed by atoms with Crippen molar-refractivity contribution in [2.24, 2.45) is 0 Å². The number of nitrogens with zero attached hydrogens (tertiary/aromatic N) is 3. The quantitative estimate of drug-likeness (QED) is 0.389. The summed E-state index contributed by atoms with van der Waals surface area (Å²) >= 11 is 1.42. The van der Waals surface area contributed by atoms with Gasteiger partial charge in [0.05, 0.1) is 29.4 Å². The van der Waals surface area contributed by atoms with Crippen molar-refractivity contribution in [3.8, 4) is 22.7 Å². The van der Waals surface area contributed by atoms with Gasteiger partial charge in [-0.15, -0.1) is 11.3 Å². The third kappa shape index (κ3) is 4.06. The molecule has 1 amide bonds. The Kier molecular flexibility index (Phi) is 5.65. The number of thiazole rings is 1. The fourth-order valence-electron chi connectivity index (χ4n) is 3.66. The van der Waals surface area contributed by atoms with Crippen LogP contribution in [0.4, 0.5) is 5.13 Å². The van der Waals surface area contributed by atoms with Crippen LogP contribution >= 0.6 is 11.3 Å². The minimum Gasteiger partial charge on any atom is -0.497 e. The lowest BCUT2D eigenvalue weighted by molar-refractivity contribution is 0.102. The number of ether oxygens (including phenoxy) is 1. The molecule has 0 saturated heterocycles. The van der Waals surface area contributed by atoms with Crippen molar-refractivity contribution in [3.05, 3.63) is 99.9 Å². The van der Waals surface area contributed by atoms with Crippen LogP contribution in [0.5, 0.6) is 5.75 Å². The van der Waals surface area contributed by atoms with Crippen molar-refractivity contribution in [3.63, 3.8) is 0 Å². The summed E-state index contributed by atoms with van der Waals surface area (Å²) in [6.45, 7) is 1.97. The van der Waals surface area contributed by atoms with Crippen LogP contribution in [0.3, 0.4) is 0 Å². The number of carbonyl (C=O) groups is 1. The second-order valence-corrected chi connectivity index (χ2v) is 8.79. The average molecular weight is 469 g/mol. The highest BCUT2D eigenvalue weighted by Gasteiger charge is 2.14. The van der Waals surface area contributed by atoms with Crippen molar-refractivity contribution in [2.45, 2.75) is 6.92 Å². The van der Waals surface area contributed by atoms with Crippen molar-refractivity contribution >= 4 is 33.3 Å². The summed E-state index contributed by atoms with van der Waals surface area (Å²) in [6, 6.07) is 21.6. The maximum Gasteiger partial charge on any atom is 0.265 e. The lowest BCUT2D eigenvalue weighted by Gasteiger charge is -2.08. The number of benzene rings is 3. The van der Waals surface area contributed by atoms with E-state index < -0.39 is 0 Å². The lowest BCUT2D eigenvalue weighted by Crippen LogP contribution is -2.19. The van der Waals surface area contributed by atoms with Gasteiger partial charge in [-0.2, -0.15) is 0 Å². The number of hydrogen-bond acceptors (Lipinski definition) is 6. The largest absolute Gasteiger partial charge is 0.497 e. The van der Waals surface area contributed by atoms with Crippen molar-refractivity contribution in [2.75, 3.05) is 12.4 Å². The predicted octanol–water partition coefficient (Wildman–Crippen LogP) is 5.08. The van der Waals surface area contributed by atoms with E-state index in [4.69, 9.17) is 4.74 Å². The van der Waals surface area contributed by atoms with Gasteiger partial charge in [0.2, 0.25) is 0 Å². The van der Waals surface area contributed by atoms with Gasteiger partial charge in [-0.3, -0.25) is 19.5 Å². The Morgan fingerprint density at radius 3 is 2.47 bits per heavy atom. The molecule has 5 aromatic rings. The molecule has 2 aromatic heterocycles. The molecule has 2 heterocycles. The molecule has 0 aliphatic rings. The van der Waals surface area contributed by atoms with Crippen molar-refractivity contribution in [1.29, 1.82) is 0 Å². The van der Waals surface area contributed by atoms with Crippen LogP contribution < -0.4 is 15.6 Å². The summed E-state index contributed by atoms with van der Waals surface area (Å²) in [4.78, 5) is 35.6. The standard InChI is InChI=1S/C26H20N4O3S/c1-16-23(17-9-13-20(33-2)14-10-17)28-26(34-16)29-24(31)18-7-11-19(12-8-18)30-15-27-22-6-4-3-5-21(22)25(30)32/h3-15H,1-2H3,(H,28,29,31). The number of para-hydroxylation sites is 1. The van der Waals surface area contributed by atoms with E-state index in [0.717, 1.165) is 21.9 Å². The minimum absolute atomic E-state index is 0.160. The van der Waals surface area contributed by atoms with Gasteiger partial charge in [-0.05, 0) is 67.6 Å². The normalized spacial score (nSPS) is 10.9. The first-order chi connectivity index (χ1) is 16.5. The van der Waals surface area contributed by atoms with Gasteiger partial charge in [-0.25, -0.2) is 9.97 Å². The van der Waals surface area contributed by atoms with Crippen LogP contribution in [0.15, 0.2) is 83.9 Å². The molecule has 0 radical (unpaired) electrons. The van der Waals surface area contributed by atoms with Gasteiger partial charge in [0.25, 0.3) is 11.5 Å². The highest BCUT2D eigenvalue weighted by molar-refractivity contribution is 7.16. The third-order valence-electron chi connectivity index (χ3n) is 5.45. The average Bonchev–Trinajstić information content (AvgIpc) is 3.24. The molecule has 0 aliphatic heterocycles. The molecule has 0 bridgehead atoms. The fraction of sp³-hybridized carbons (Fsp3) is 0.0769. The molecule has 1 N–H and O–H groups in total. The zero-order valence-corrected chi connectivity index (χ0v) is 19.3. The number of amides is 1. The van der Waals surface area contributed by atoms with Crippen LogP contribution in [0.25, 0.3) is 27.8 Å². The molecule has 0 spiro atoms. The Morgan fingerprint density at radius 2 is 1.74 bits per heavy atom. The van der Waals surface area contributed by atoms with Crippen LogP contribution in [0.1, 0.15) is 15.2 Å². The Labute approximate surface area is 199 Å². The Hall–Kier alpha value is -4.30. The number of hydrogen-bond donors (Lipinski definition) is 1. The molecule has 3 aromatic carbocycles. The number of aryl methyl sites for hydroxylation is 1. The highest BCUT2D eigenvalue weighted by Crippen LogP contribution is 2.31. The Morgan fingerprint density at radius 1 is 1.00 bits per heavy atom. The number of carbonyl (C=O) groups excluding carboxylic acids is 1. The van der Waals surface area contributed by atoms with Gasteiger partial charge in [0, 0.05) is 16.0 Å². The summed E-state index contributed by atoms with van der Waals surface area (Å²) in [5.74, 6) is 0.501. The molecule has 0 atom stereocenters. The van der Waals surface area contributed by atoms with Crippen molar-refractivity contribution in [1.82, 2.24) is 14.5 Å². The smallest absolute Gasteiger partial charge is 0.265 e. The molecular weight excluding hydrogens is 448 g/mol. The predicted molar refractivity (Wildman–Crippen MR) is 134 cm³/mol. The van der Waals surface area contributed by atoms with Crippen LogP contribution in [-0.4, -0.2) is 27.6 Å². The molecule has 0 fully saturated rings. The second-order valence-electron chi connectivity index (χ2n) is 7.59. The van der Waals surface area contributed by atoms with Gasteiger partial charge in [0.15, 0.2) is 5.13 Å². The first-order valence-corrected chi connectivity index (χ1v) is 11.3. The zero-order chi connectivity index (χ0) is 23.7. The summed E-state index contributed by atoms with van der Waals surface area (Å²) in [6.07, 6.45) is 1.50. The summed E-state index contributed by atoms with van der Waals surface area (Å²) < 4.78 is 6.67. The van der Waals surface area contributed by atoms with Gasteiger partial charge >= 0.3 is 0 Å². The van der Waals surface area contributed by atoms with Crippen LogP contribution in [0, 0.1) is 6.92 Å². The second kappa shape index (κ2) is 8.92. The SMILES string of the molecule is COc1ccc(-c2nc(NC(=O)c3ccc(-n4cnc5ccccc5c4=O)cc3)sc2C)cc1. The number of rotatable bonds is 5. The molecule has 0 saturated carbocycles. The Bertz CT molecular complexity index is 1550. The highest BCUT2D eigenvalue weighted by atomic mass is 32.1. The van der Waals surface area contributed by atoms with E-state index in [1.807, 2.05) is 43.3 Å². The van der Waals surface area contributed by atoms with Crippen LogP contribution in [0.2, 0.25) is 0 Å². The summed E-state index contributed by atoms with van der Waals surface area (Å²) in [5.41, 5.74) is 3.35. The maximum atomic E-state index is 12.8. The number of nitrogens with one attached hydrogen (secondary N) is 1. The monoisotopic (exact) mass is 468 g/mol. The van der Waals surface area contributed by atoms with E-state index in [2.05, 4.69) is 15.3 Å². The molecule has 168 valence electrons. The maximum absolute atomic E-state index is 12.8. The molecule has 0 aliphatic carbocycles. The first kappa shape index (κ1) is 21.5. The molecular formula is C26H20N4O3S. The van der Waals surface area contributed by atoms with Crippen LogP contribution in [-0.2, 0) is 0 Å². The van der Waals surface area contributed by atoms with Gasteiger partial charge in [-0.1, -0.05) is 12.1 Å². The van der Waals surface area contributed by atoms with E-state index in [9.17, 15) is 9.59 Å². The number of anilines is 1. The summed E-state index contributed by atoms with van der Waals surface area (Å²) in [7, 11) is 1.63. The Balaban J connectivity index is 1.35. The lowest BCUT2D eigenvalue weighted by atomic mass is 10.1. The first-order valence-electron chi connectivity index (χ1n) is 10.5. The molecule has 0 unspecified atom stereocenters. The van der Waals surface area contributed by atoms with Crippen molar-refractivity contribution < 1.29 is 9.53 Å². The van der Waals surface area contributed by atoms with E-state index in [1.54, 1.807) is 43.5 Å². The number of fused-ring (bicyclic) bond motifs is 1. The molecule has 34 heavy (non-hydrogen) atoms. The van der Waals surface area contributed by atoms with E-state index in [1.165, 1.54) is 22.2 Å². The van der Waals surface area contributed by atoms with Gasteiger partial charge < -0.3 is 4.74 Å². The van der Waals surface area contributed by atoms with E-state index in [0.29, 0.717) is 27.3 Å². The van der Waals surface area contributed by atoms with E-state index >= 15 is 0 Å². The minimum atomic E-state index is -0.273. The molecule has 7 nitrogen and oxygen atoms in total. The molecule has 5 rings (SSSR count). The molecule has 8 heteroatoms. The van der Waals surface area contributed by atoms with E-state index in [-0.39, 0.29) is 11.5 Å². The summed E-state index contributed by atoms with van der Waals surface area (Å²) in [5, 5.41) is 3.93. The number of aromatic nitrogens is 3. The van der Waals surface area contributed by atoms with Gasteiger partial charge in [0.1, 0.15) is 12.1 Å². The zero-order valence-electron chi connectivity index (χ0n) is 18.5. The third-order valence-corrected chi connectivity index (χ3v) is 6.34.